The van der Waals surface area contributed by atoms with Crippen molar-refractivity contribution in [2.45, 2.75) is 45.1 Å². The Balaban J connectivity index is 1.99. The maximum atomic E-state index is 14.2. The molecule has 6 nitrogen and oxygen atoms in total. The number of allylic oxidation sites excluding steroid dienone is 3. The number of rotatable bonds is 3. The molecule has 2 aliphatic rings. The van der Waals surface area contributed by atoms with E-state index in [2.05, 4.69) is 0 Å². The Morgan fingerprint density at radius 1 is 1.00 bits per heavy atom. The minimum Gasteiger partial charge on any atom is -0.443 e. The lowest BCUT2D eigenvalue weighted by Crippen LogP contribution is -2.48. The molecular formula is C27H25NO5. The van der Waals surface area contributed by atoms with E-state index in [9.17, 15) is 19.2 Å². The summed E-state index contributed by atoms with van der Waals surface area (Å²) in [6.45, 7) is 7.02. The van der Waals surface area contributed by atoms with Crippen molar-refractivity contribution in [1.82, 2.24) is 0 Å². The summed E-state index contributed by atoms with van der Waals surface area (Å²) in [5.74, 6) is -1.42. The minimum atomic E-state index is -1.54. The van der Waals surface area contributed by atoms with E-state index >= 15 is 0 Å². The fraction of sp³-hybridized carbons (Fsp3) is 0.259. The highest BCUT2D eigenvalue weighted by atomic mass is 16.6. The number of hydrogen-bond acceptors (Lipinski definition) is 5. The zero-order valence-electron chi connectivity index (χ0n) is 19.0. The number of fused-ring (bicyclic) bond motifs is 1. The molecule has 0 aromatic heterocycles. The number of imide groups is 1. The summed E-state index contributed by atoms with van der Waals surface area (Å²) < 4.78 is 5.54. The van der Waals surface area contributed by atoms with E-state index in [1.165, 1.54) is 18.2 Å². The van der Waals surface area contributed by atoms with Crippen LogP contribution < -0.4 is 4.90 Å². The zero-order valence-corrected chi connectivity index (χ0v) is 19.0. The van der Waals surface area contributed by atoms with Crippen molar-refractivity contribution in [3.05, 3.63) is 89.0 Å². The predicted molar refractivity (Wildman–Crippen MR) is 124 cm³/mol. The van der Waals surface area contributed by atoms with Crippen molar-refractivity contribution in [2.75, 3.05) is 4.90 Å². The summed E-state index contributed by atoms with van der Waals surface area (Å²) in [4.78, 5) is 53.8. The molecule has 0 spiro atoms. The molecular weight excluding hydrogens is 418 g/mol. The van der Waals surface area contributed by atoms with Crippen molar-refractivity contribution >= 4 is 29.3 Å². The number of carbonyl (C=O) groups excluding carboxylic acids is 4. The average Bonchev–Trinajstić information content (AvgIpc) is 2.97. The molecule has 6 heteroatoms. The van der Waals surface area contributed by atoms with Crippen LogP contribution in [0.1, 0.15) is 37.5 Å². The summed E-state index contributed by atoms with van der Waals surface area (Å²) in [6.07, 6.45) is 2.88. The van der Waals surface area contributed by atoms with Crippen LogP contribution in [0.4, 0.5) is 10.5 Å². The molecule has 0 saturated heterocycles. The number of carbonyl (C=O) groups is 4. The maximum Gasteiger partial charge on any atom is 0.421 e. The Bertz CT molecular complexity index is 1230. The standard InChI is InChI=1S/C27H25NO5/c1-17-10-12-22-20(14-17)27(16-18-8-6-5-7-9-18,21-15-19(29)11-13-23(21)30)24(31)28(22)25(32)33-26(2,3)4/h5-15H,16H2,1-4H3. The van der Waals surface area contributed by atoms with Gasteiger partial charge in [0.25, 0.3) is 5.91 Å². The molecule has 0 radical (unpaired) electrons. The maximum absolute atomic E-state index is 14.2. The van der Waals surface area contributed by atoms with Crippen LogP contribution in [0.25, 0.3) is 0 Å². The monoisotopic (exact) mass is 443 g/mol. The van der Waals surface area contributed by atoms with Gasteiger partial charge in [0.15, 0.2) is 11.6 Å². The van der Waals surface area contributed by atoms with Crippen LogP contribution in [-0.4, -0.2) is 29.2 Å². The second-order valence-electron chi connectivity index (χ2n) is 9.37. The molecule has 1 unspecified atom stereocenters. The van der Waals surface area contributed by atoms with Gasteiger partial charge in [-0.3, -0.25) is 14.4 Å². The molecule has 0 bridgehead atoms. The van der Waals surface area contributed by atoms with Crippen LogP contribution in [-0.2, 0) is 31.0 Å². The van der Waals surface area contributed by atoms with Gasteiger partial charge in [-0.25, -0.2) is 9.69 Å². The van der Waals surface area contributed by atoms with E-state index in [1.54, 1.807) is 39.0 Å². The van der Waals surface area contributed by atoms with Gasteiger partial charge in [0.2, 0.25) is 0 Å². The topological polar surface area (TPSA) is 80.8 Å². The molecule has 0 saturated carbocycles. The smallest absolute Gasteiger partial charge is 0.421 e. The average molecular weight is 443 g/mol. The summed E-state index contributed by atoms with van der Waals surface area (Å²) in [6, 6.07) is 14.5. The van der Waals surface area contributed by atoms with Crippen molar-refractivity contribution in [2.24, 2.45) is 0 Å². The number of anilines is 1. The highest BCUT2D eigenvalue weighted by Gasteiger charge is 2.57. The summed E-state index contributed by atoms with van der Waals surface area (Å²) in [5.41, 5.74) is 0.191. The number of aryl methyl sites for hydroxylation is 1. The van der Waals surface area contributed by atoms with Crippen LogP contribution in [0, 0.1) is 6.92 Å². The molecule has 1 atom stereocenters. The van der Waals surface area contributed by atoms with Crippen LogP contribution in [0.5, 0.6) is 0 Å². The van der Waals surface area contributed by atoms with Crippen LogP contribution in [0.3, 0.4) is 0 Å². The lowest BCUT2D eigenvalue weighted by molar-refractivity contribution is -0.124. The normalized spacial score (nSPS) is 20.1. The molecule has 33 heavy (non-hydrogen) atoms. The van der Waals surface area contributed by atoms with Crippen molar-refractivity contribution < 1.29 is 23.9 Å². The van der Waals surface area contributed by atoms with Gasteiger partial charge in [0.05, 0.1) is 5.69 Å². The molecule has 4 rings (SSSR count). The third kappa shape index (κ3) is 3.93. The fourth-order valence-electron chi connectivity index (χ4n) is 4.36. The molecule has 0 fully saturated rings. The number of ketones is 2. The van der Waals surface area contributed by atoms with Gasteiger partial charge in [-0.05, 0) is 69.5 Å². The van der Waals surface area contributed by atoms with Crippen LogP contribution in [0.2, 0.25) is 0 Å². The molecule has 1 aliphatic carbocycles. The first-order valence-corrected chi connectivity index (χ1v) is 10.7. The van der Waals surface area contributed by atoms with Gasteiger partial charge in [0.1, 0.15) is 11.0 Å². The number of benzene rings is 2. The highest BCUT2D eigenvalue weighted by molar-refractivity contribution is 6.29. The Kier molecular flexibility index (Phi) is 5.40. The Morgan fingerprint density at radius 2 is 1.70 bits per heavy atom. The van der Waals surface area contributed by atoms with Gasteiger partial charge < -0.3 is 4.74 Å². The first-order chi connectivity index (χ1) is 15.5. The lowest BCUT2D eigenvalue weighted by Gasteiger charge is -2.31. The number of ether oxygens (including phenoxy) is 1. The third-order valence-electron chi connectivity index (χ3n) is 5.72. The van der Waals surface area contributed by atoms with Gasteiger partial charge >= 0.3 is 6.09 Å². The zero-order chi connectivity index (χ0) is 24.0. The van der Waals surface area contributed by atoms with E-state index in [-0.39, 0.29) is 17.8 Å². The van der Waals surface area contributed by atoms with E-state index in [1.807, 2.05) is 37.3 Å². The van der Waals surface area contributed by atoms with Gasteiger partial charge in [0, 0.05) is 5.57 Å². The first-order valence-electron chi connectivity index (χ1n) is 10.7. The summed E-state index contributed by atoms with van der Waals surface area (Å²) >= 11 is 0. The first kappa shape index (κ1) is 22.4. The van der Waals surface area contributed by atoms with E-state index in [0.29, 0.717) is 11.3 Å². The third-order valence-corrected chi connectivity index (χ3v) is 5.72. The van der Waals surface area contributed by atoms with Crippen LogP contribution >= 0.6 is 0 Å². The van der Waals surface area contributed by atoms with Gasteiger partial charge in [-0.2, -0.15) is 0 Å². The summed E-state index contributed by atoms with van der Waals surface area (Å²) in [7, 11) is 0. The molecule has 1 heterocycles. The SMILES string of the molecule is Cc1ccc2c(c1)C(Cc1ccccc1)(C1=CC(=O)C=CC1=O)C(=O)N2C(=O)OC(C)(C)C. The fourth-order valence-corrected chi connectivity index (χ4v) is 4.36. The molecule has 2 aromatic carbocycles. The van der Waals surface area contributed by atoms with E-state index in [0.717, 1.165) is 16.0 Å². The lowest BCUT2D eigenvalue weighted by atomic mass is 9.68. The Labute approximate surface area is 192 Å². The predicted octanol–water partition coefficient (Wildman–Crippen LogP) is 4.39. The second kappa shape index (κ2) is 7.96. The molecule has 0 N–H and O–H groups in total. The van der Waals surface area contributed by atoms with Crippen molar-refractivity contribution in [3.8, 4) is 0 Å². The molecule has 2 aromatic rings. The second-order valence-corrected chi connectivity index (χ2v) is 9.37. The summed E-state index contributed by atoms with van der Waals surface area (Å²) in [5, 5.41) is 0. The van der Waals surface area contributed by atoms with Crippen LogP contribution in [0.15, 0.2) is 72.3 Å². The van der Waals surface area contributed by atoms with Gasteiger partial charge in [-0.15, -0.1) is 0 Å². The molecule has 168 valence electrons. The Morgan fingerprint density at radius 3 is 2.36 bits per heavy atom. The highest BCUT2D eigenvalue weighted by Crippen LogP contribution is 2.50. The van der Waals surface area contributed by atoms with Gasteiger partial charge in [-0.1, -0.05) is 48.0 Å². The largest absolute Gasteiger partial charge is 0.443 e. The number of nitrogens with zero attached hydrogens (tertiary/aromatic N) is 1. The molecule has 2 amide bonds. The number of amides is 2. The van der Waals surface area contributed by atoms with Crippen molar-refractivity contribution in [3.63, 3.8) is 0 Å². The van der Waals surface area contributed by atoms with Crippen molar-refractivity contribution in [1.29, 1.82) is 0 Å². The van der Waals surface area contributed by atoms with E-state index in [4.69, 9.17) is 4.74 Å². The quantitative estimate of drug-likeness (QED) is 0.657. The Hall–Kier alpha value is -3.80. The number of hydrogen-bond donors (Lipinski definition) is 0. The molecule has 1 aliphatic heterocycles. The van der Waals surface area contributed by atoms with E-state index < -0.39 is 28.8 Å². The minimum absolute atomic E-state index is 0.0572.